The van der Waals surface area contributed by atoms with Crippen molar-refractivity contribution in [3.8, 4) is 5.75 Å². The summed E-state index contributed by atoms with van der Waals surface area (Å²) in [6.07, 6.45) is 6.01. The molecule has 0 saturated carbocycles. The molecular formula is C20H22N2O4. The number of carbonyl (C=O) groups excluding carboxylic acids is 3. The van der Waals surface area contributed by atoms with E-state index in [9.17, 15) is 14.4 Å². The van der Waals surface area contributed by atoms with E-state index in [1.54, 1.807) is 0 Å². The van der Waals surface area contributed by atoms with E-state index < -0.39 is 0 Å². The van der Waals surface area contributed by atoms with Crippen LogP contribution in [-0.4, -0.2) is 35.8 Å². The molecule has 3 aliphatic rings. The molecule has 2 heterocycles. The summed E-state index contributed by atoms with van der Waals surface area (Å²) in [7, 11) is 0. The van der Waals surface area contributed by atoms with Gasteiger partial charge in [0.25, 0.3) is 0 Å². The minimum absolute atomic E-state index is 0.0933. The second-order valence-corrected chi connectivity index (χ2v) is 7.03. The van der Waals surface area contributed by atoms with Crippen LogP contribution < -0.4 is 10.1 Å². The van der Waals surface area contributed by atoms with Crippen LogP contribution in [0.3, 0.4) is 0 Å². The van der Waals surface area contributed by atoms with Gasteiger partial charge in [0.05, 0.1) is 24.5 Å². The SMILES string of the molecule is O=C(CCN1C(=O)C2CC=CCC2C1=O)NC1CCOc2ccccc21. The van der Waals surface area contributed by atoms with Crippen molar-refractivity contribution >= 4 is 17.7 Å². The predicted octanol–water partition coefficient (Wildman–Crippen LogP) is 1.97. The Morgan fingerprint density at radius 3 is 2.54 bits per heavy atom. The van der Waals surface area contributed by atoms with Crippen LogP contribution in [0.1, 0.15) is 37.3 Å². The highest BCUT2D eigenvalue weighted by Gasteiger charge is 2.46. The molecule has 1 aliphatic carbocycles. The molecule has 1 aromatic rings. The highest BCUT2D eigenvalue weighted by atomic mass is 16.5. The summed E-state index contributed by atoms with van der Waals surface area (Å²) in [5, 5.41) is 3.01. The van der Waals surface area contributed by atoms with Crippen molar-refractivity contribution in [1.82, 2.24) is 10.2 Å². The van der Waals surface area contributed by atoms with Crippen molar-refractivity contribution in [3.63, 3.8) is 0 Å². The van der Waals surface area contributed by atoms with E-state index in [1.807, 2.05) is 36.4 Å². The molecule has 0 aromatic heterocycles. The Balaban J connectivity index is 1.35. The van der Waals surface area contributed by atoms with Gasteiger partial charge < -0.3 is 10.1 Å². The standard InChI is InChI=1S/C20H22N2O4/c23-18(21-16-10-12-26-17-8-4-3-7-15(16)17)9-11-22-19(24)13-5-1-2-6-14(13)20(22)25/h1-4,7-8,13-14,16H,5-6,9-12H2,(H,21,23). The third kappa shape index (κ3) is 3.00. The Hall–Kier alpha value is -2.63. The van der Waals surface area contributed by atoms with E-state index in [2.05, 4.69) is 5.32 Å². The maximum Gasteiger partial charge on any atom is 0.233 e. The summed E-state index contributed by atoms with van der Waals surface area (Å²) in [5.74, 6) is -0.0937. The van der Waals surface area contributed by atoms with Gasteiger partial charge in [0.1, 0.15) is 5.75 Å². The summed E-state index contributed by atoms with van der Waals surface area (Å²) in [6.45, 7) is 0.711. The highest BCUT2D eigenvalue weighted by molar-refractivity contribution is 6.05. The monoisotopic (exact) mass is 354 g/mol. The number of hydrogen-bond donors (Lipinski definition) is 1. The lowest BCUT2D eigenvalue weighted by Crippen LogP contribution is -2.37. The number of nitrogens with one attached hydrogen (secondary N) is 1. The van der Waals surface area contributed by atoms with Crippen LogP contribution in [-0.2, 0) is 14.4 Å². The molecule has 1 fully saturated rings. The van der Waals surface area contributed by atoms with Gasteiger partial charge in [-0.3, -0.25) is 19.3 Å². The van der Waals surface area contributed by atoms with Crippen molar-refractivity contribution < 1.29 is 19.1 Å². The molecule has 3 atom stereocenters. The Morgan fingerprint density at radius 2 is 1.81 bits per heavy atom. The normalized spacial score (nSPS) is 26.9. The third-order valence-corrected chi connectivity index (χ3v) is 5.46. The first-order valence-electron chi connectivity index (χ1n) is 9.16. The lowest BCUT2D eigenvalue weighted by molar-refractivity contribution is -0.140. The van der Waals surface area contributed by atoms with Gasteiger partial charge in [0.15, 0.2) is 0 Å². The molecule has 0 spiro atoms. The van der Waals surface area contributed by atoms with Crippen molar-refractivity contribution in [3.05, 3.63) is 42.0 Å². The minimum Gasteiger partial charge on any atom is -0.493 e. The molecule has 0 bridgehead atoms. The minimum atomic E-state index is -0.238. The molecule has 6 heteroatoms. The molecule has 3 unspecified atom stereocenters. The topological polar surface area (TPSA) is 75.7 Å². The van der Waals surface area contributed by atoms with Crippen LogP contribution in [0.25, 0.3) is 0 Å². The zero-order chi connectivity index (χ0) is 18.1. The number of amides is 3. The number of hydrogen-bond acceptors (Lipinski definition) is 4. The fraction of sp³-hybridized carbons (Fsp3) is 0.450. The molecule has 6 nitrogen and oxygen atoms in total. The van der Waals surface area contributed by atoms with Gasteiger partial charge in [-0.15, -0.1) is 0 Å². The van der Waals surface area contributed by atoms with E-state index in [0.717, 1.165) is 11.3 Å². The Kier molecular flexibility index (Phi) is 4.49. The van der Waals surface area contributed by atoms with E-state index in [1.165, 1.54) is 4.90 Å². The first kappa shape index (κ1) is 16.8. The number of fused-ring (bicyclic) bond motifs is 2. The molecule has 1 aromatic carbocycles. The summed E-state index contributed by atoms with van der Waals surface area (Å²) >= 11 is 0. The maximum atomic E-state index is 12.4. The van der Waals surface area contributed by atoms with Crippen molar-refractivity contribution in [2.24, 2.45) is 11.8 Å². The summed E-state index contributed by atoms with van der Waals surface area (Å²) < 4.78 is 5.60. The van der Waals surface area contributed by atoms with Crippen LogP contribution in [0.5, 0.6) is 5.75 Å². The Bertz CT molecular complexity index is 747. The second kappa shape index (κ2) is 6.94. The van der Waals surface area contributed by atoms with Gasteiger partial charge in [-0.25, -0.2) is 0 Å². The second-order valence-electron chi connectivity index (χ2n) is 7.03. The average molecular weight is 354 g/mol. The van der Waals surface area contributed by atoms with E-state index in [0.29, 0.717) is 25.9 Å². The largest absolute Gasteiger partial charge is 0.493 e. The highest BCUT2D eigenvalue weighted by Crippen LogP contribution is 2.35. The predicted molar refractivity (Wildman–Crippen MR) is 94.1 cm³/mol. The van der Waals surface area contributed by atoms with Gasteiger partial charge in [-0.1, -0.05) is 30.4 Å². The van der Waals surface area contributed by atoms with Crippen molar-refractivity contribution in [2.45, 2.75) is 31.7 Å². The number of ether oxygens (including phenoxy) is 1. The lowest BCUT2D eigenvalue weighted by Gasteiger charge is -2.26. The molecule has 0 radical (unpaired) electrons. The van der Waals surface area contributed by atoms with Crippen LogP contribution >= 0.6 is 0 Å². The van der Waals surface area contributed by atoms with Gasteiger partial charge in [-0.05, 0) is 18.9 Å². The van der Waals surface area contributed by atoms with Crippen molar-refractivity contribution in [2.75, 3.05) is 13.2 Å². The van der Waals surface area contributed by atoms with Crippen molar-refractivity contribution in [1.29, 1.82) is 0 Å². The number of likely N-dealkylation sites (tertiary alicyclic amines) is 1. The molecule has 26 heavy (non-hydrogen) atoms. The number of allylic oxidation sites excluding steroid dienone is 2. The average Bonchev–Trinajstić information content (AvgIpc) is 2.91. The molecule has 4 rings (SSSR count). The molecule has 1 saturated heterocycles. The fourth-order valence-corrected chi connectivity index (χ4v) is 4.06. The summed E-state index contributed by atoms with van der Waals surface area (Å²) in [5.41, 5.74) is 0.970. The van der Waals surface area contributed by atoms with Gasteiger partial charge in [-0.2, -0.15) is 0 Å². The fourth-order valence-electron chi connectivity index (χ4n) is 4.06. The molecule has 136 valence electrons. The number of para-hydroxylation sites is 1. The van der Waals surface area contributed by atoms with E-state index in [4.69, 9.17) is 4.74 Å². The summed E-state index contributed by atoms with van der Waals surface area (Å²) in [6, 6.07) is 7.57. The summed E-state index contributed by atoms with van der Waals surface area (Å²) in [4.78, 5) is 38.5. The maximum absolute atomic E-state index is 12.4. The Labute approximate surface area is 152 Å². The Morgan fingerprint density at radius 1 is 1.12 bits per heavy atom. The zero-order valence-corrected chi connectivity index (χ0v) is 14.5. The first-order valence-corrected chi connectivity index (χ1v) is 9.16. The quantitative estimate of drug-likeness (QED) is 0.663. The van der Waals surface area contributed by atoms with Crippen LogP contribution in [0.4, 0.5) is 0 Å². The molecule has 3 amide bonds. The van der Waals surface area contributed by atoms with E-state index >= 15 is 0 Å². The zero-order valence-electron chi connectivity index (χ0n) is 14.5. The first-order chi connectivity index (χ1) is 12.6. The molecule has 1 N–H and O–H groups in total. The lowest BCUT2D eigenvalue weighted by atomic mass is 9.85. The number of imide groups is 1. The van der Waals surface area contributed by atoms with Gasteiger partial charge in [0, 0.05) is 24.9 Å². The van der Waals surface area contributed by atoms with E-state index in [-0.39, 0.29) is 48.6 Å². The van der Waals surface area contributed by atoms with Gasteiger partial charge in [0.2, 0.25) is 17.7 Å². The third-order valence-electron chi connectivity index (χ3n) is 5.46. The number of rotatable bonds is 4. The number of carbonyl (C=O) groups is 3. The number of nitrogens with zero attached hydrogens (tertiary/aromatic N) is 1. The molecule has 2 aliphatic heterocycles. The van der Waals surface area contributed by atoms with Crippen LogP contribution in [0.15, 0.2) is 36.4 Å². The van der Waals surface area contributed by atoms with Crippen LogP contribution in [0.2, 0.25) is 0 Å². The smallest absolute Gasteiger partial charge is 0.233 e. The molecular weight excluding hydrogens is 332 g/mol. The van der Waals surface area contributed by atoms with Crippen LogP contribution in [0, 0.1) is 11.8 Å². The number of benzene rings is 1. The van der Waals surface area contributed by atoms with Gasteiger partial charge >= 0.3 is 0 Å².